The summed E-state index contributed by atoms with van der Waals surface area (Å²) in [6, 6.07) is 8.51. The molecule has 2 saturated carbocycles. The molecule has 11 heteroatoms. The molecule has 1 N–H and O–H groups in total. The van der Waals surface area contributed by atoms with Gasteiger partial charge in [-0.25, -0.2) is 9.97 Å². The summed E-state index contributed by atoms with van der Waals surface area (Å²) < 4.78 is 31.1. The van der Waals surface area contributed by atoms with Gasteiger partial charge in [-0.3, -0.25) is 4.79 Å². The van der Waals surface area contributed by atoms with Crippen molar-refractivity contribution in [2.45, 2.75) is 82.6 Å². The molecule has 1 saturated heterocycles. The number of benzene rings is 1. The Morgan fingerprint density at radius 1 is 1.09 bits per heavy atom. The van der Waals surface area contributed by atoms with Crippen LogP contribution in [0.3, 0.4) is 0 Å². The molecule has 2 aliphatic carbocycles. The van der Waals surface area contributed by atoms with E-state index in [4.69, 9.17) is 28.7 Å². The maximum atomic E-state index is 11.5. The quantitative estimate of drug-likeness (QED) is 0.288. The number of hydrogen-bond donors (Lipinski definition) is 1. The first-order valence-corrected chi connectivity index (χ1v) is 15.6. The Balaban J connectivity index is 1.15. The van der Waals surface area contributed by atoms with Crippen LogP contribution in [-0.4, -0.2) is 84.4 Å². The van der Waals surface area contributed by atoms with Gasteiger partial charge in [-0.15, -0.1) is 0 Å². The van der Waals surface area contributed by atoms with Crippen LogP contribution in [0.2, 0.25) is 0 Å². The lowest BCUT2D eigenvalue weighted by Crippen LogP contribution is -2.46. The van der Waals surface area contributed by atoms with E-state index in [0.717, 1.165) is 66.1 Å². The summed E-state index contributed by atoms with van der Waals surface area (Å²) in [6.07, 6.45) is 8.27. The van der Waals surface area contributed by atoms with Crippen molar-refractivity contribution >= 4 is 22.8 Å². The van der Waals surface area contributed by atoms with Gasteiger partial charge in [0.25, 0.3) is 0 Å². The van der Waals surface area contributed by atoms with Gasteiger partial charge < -0.3 is 38.5 Å². The lowest BCUT2D eigenvalue weighted by molar-refractivity contribution is -0.161. The molecule has 0 amide bonds. The zero-order valence-corrected chi connectivity index (χ0v) is 26.6. The van der Waals surface area contributed by atoms with Crippen LogP contribution >= 0.6 is 0 Å². The summed E-state index contributed by atoms with van der Waals surface area (Å²) in [7, 11) is 6.98. The predicted molar refractivity (Wildman–Crippen MR) is 166 cm³/mol. The molecule has 6 rings (SSSR count). The maximum Gasteiger partial charge on any atom is 0.305 e. The fourth-order valence-corrected chi connectivity index (χ4v) is 7.30. The Labute approximate surface area is 259 Å². The molecule has 3 aliphatic rings. The SMILES string of the molecule is COC(=O)CCC1CC(N(C)C[C@H]2C[C@@H](n3ccc4c(NCc5ccc(OC)cc5OC)ncnc43)[C@@H]3OC(C)(C)O[C@H]23)C1. The van der Waals surface area contributed by atoms with Gasteiger partial charge in [-0.2, -0.15) is 0 Å². The highest BCUT2D eigenvalue weighted by Crippen LogP contribution is 2.48. The van der Waals surface area contributed by atoms with Crippen molar-refractivity contribution < 1.29 is 28.5 Å². The number of fused-ring (bicyclic) bond motifs is 2. The van der Waals surface area contributed by atoms with E-state index in [-0.39, 0.29) is 24.2 Å². The Bertz CT molecular complexity index is 1470. The summed E-state index contributed by atoms with van der Waals surface area (Å²) >= 11 is 0. The van der Waals surface area contributed by atoms with E-state index in [1.54, 1.807) is 20.5 Å². The number of nitrogens with zero attached hydrogens (tertiary/aromatic N) is 4. The van der Waals surface area contributed by atoms with E-state index in [9.17, 15) is 4.79 Å². The molecule has 3 heterocycles. The molecule has 238 valence electrons. The minimum absolute atomic E-state index is 0.00654. The predicted octanol–water partition coefficient (Wildman–Crippen LogP) is 4.81. The van der Waals surface area contributed by atoms with Crippen LogP contribution in [0.5, 0.6) is 11.5 Å². The lowest BCUT2D eigenvalue weighted by Gasteiger charge is -2.42. The fourth-order valence-electron chi connectivity index (χ4n) is 7.30. The van der Waals surface area contributed by atoms with E-state index in [2.05, 4.69) is 39.1 Å². The molecular formula is C33H45N5O6. The van der Waals surface area contributed by atoms with Crippen molar-refractivity contribution in [1.82, 2.24) is 19.4 Å². The van der Waals surface area contributed by atoms with Crippen molar-refractivity contribution in [3.63, 3.8) is 0 Å². The average Bonchev–Trinajstić information content (AvgIpc) is 3.66. The molecular weight excluding hydrogens is 562 g/mol. The van der Waals surface area contributed by atoms with Gasteiger partial charge in [0.1, 0.15) is 35.4 Å². The van der Waals surface area contributed by atoms with Gasteiger partial charge in [0.15, 0.2) is 5.79 Å². The number of esters is 1. The van der Waals surface area contributed by atoms with E-state index < -0.39 is 5.79 Å². The zero-order chi connectivity index (χ0) is 31.0. The smallest absolute Gasteiger partial charge is 0.305 e. The largest absolute Gasteiger partial charge is 0.497 e. The van der Waals surface area contributed by atoms with Crippen molar-refractivity contribution in [3.05, 3.63) is 42.4 Å². The number of nitrogens with one attached hydrogen (secondary N) is 1. The van der Waals surface area contributed by atoms with Crippen LogP contribution in [-0.2, 0) is 25.5 Å². The van der Waals surface area contributed by atoms with Gasteiger partial charge in [0.2, 0.25) is 0 Å². The van der Waals surface area contributed by atoms with Gasteiger partial charge in [-0.1, -0.05) is 0 Å². The first-order valence-electron chi connectivity index (χ1n) is 15.6. The minimum Gasteiger partial charge on any atom is -0.497 e. The number of carbonyl (C=O) groups excluding carboxylic acids is 1. The first-order chi connectivity index (χ1) is 21.2. The minimum atomic E-state index is -0.637. The zero-order valence-electron chi connectivity index (χ0n) is 26.6. The van der Waals surface area contributed by atoms with Gasteiger partial charge >= 0.3 is 5.97 Å². The molecule has 11 nitrogen and oxygen atoms in total. The van der Waals surface area contributed by atoms with Crippen LogP contribution in [0, 0.1) is 11.8 Å². The first kappa shape index (κ1) is 30.6. The monoisotopic (exact) mass is 607 g/mol. The second-order valence-corrected chi connectivity index (χ2v) is 12.9. The summed E-state index contributed by atoms with van der Waals surface area (Å²) in [5, 5.41) is 4.45. The van der Waals surface area contributed by atoms with E-state index in [0.29, 0.717) is 30.8 Å². The molecule has 1 aliphatic heterocycles. The number of ether oxygens (including phenoxy) is 5. The summed E-state index contributed by atoms with van der Waals surface area (Å²) in [6.45, 7) is 5.50. The highest BCUT2D eigenvalue weighted by atomic mass is 16.8. The number of aromatic nitrogens is 3. The van der Waals surface area contributed by atoms with Gasteiger partial charge in [0.05, 0.1) is 38.9 Å². The molecule has 3 fully saturated rings. The molecule has 0 bridgehead atoms. The van der Waals surface area contributed by atoms with E-state index >= 15 is 0 Å². The molecule has 0 radical (unpaired) electrons. The third kappa shape index (κ3) is 6.09. The number of hydrogen-bond acceptors (Lipinski definition) is 10. The van der Waals surface area contributed by atoms with Gasteiger partial charge in [0, 0.05) is 49.3 Å². The normalized spacial score (nSPS) is 27.2. The molecule has 0 unspecified atom stereocenters. The Morgan fingerprint density at radius 2 is 1.89 bits per heavy atom. The second-order valence-electron chi connectivity index (χ2n) is 12.9. The fraction of sp³-hybridized carbons (Fsp3) is 0.606. The average molecular weight is 608 g/mol. The van der Waals surface area contributed by atoms with Gasteiger partial charge in [-0.05, 0) is 70.7 Å². The molecule has 2 aromatic heterocycles. The standard InChI is InChI=1S/C33H45N5O6/c1-33(2)43-29-22(18-37(3)23-13-20(14-23)7-10-28(39)42-6)15-26(30(29)44-33)38-12-11-25-31(35-19-36-32(25)38)34-17-21-8-9-24(40-4)16-27(21)41-5/h8-9,11-12,16,19-20,22-23,26,29-30H,7,10,13-15,17-18H2,1-6H3,(H,34,35,36)/t20?,22-,23?,26-,29-,30+/m1/s1. The highest BCUT2D eigenvalue weighted by molar-refractivity contribution is 5.87. The van der Waals surface area contributed by atoms with Crippen LogP contribution in [0.15, 0.2) is 36.8 Å². The Morgan fingerprint density at radius 3 is 2.64 bits per heavy atom. The van der Waals surface area contributed by atoms with Crippen LogP contribution in [0.4, 0.5) is 5.82 Å². The topological polar surface area (TPSA) is 109 Å². The van der Waals surface area contributed by atoms with Crippen molar-refractivity contribution in [3.8, 4) is 11.5 Å². The van der Waals surface area contributed by atoms with E-state index in [1.165, 1.54) is 7.11 Å². The number of carbonyl (C=O) groups is 1. The number of anilines is 1. The summed E-state index contributed by atoms with van der Waals surface area (Å²) in [5.41, 5.74) is 1.88. The highest BCUT2D eigenvalue weighted by Gasteiger charge is 2.55. The molecule has 4 atom stereocenters. The summed E-state index contributed by atoms with van der Waals surface area (Å²) in [5.74, 6) is 2.44. The summed E-state index contributed by atoms with van der Waals surface area (Å²) in [4.78, 5) is 23.3. The Kier molecular flexibility index (Phi) is 8.72. The van der Waals surface area contributed by atoms with E-state index in [1.807, 2.05) is 32.0 Å². The van der Waals surface area contributed by atoms with Crippen LogP contribution < -0.4 is 14.8 Å². The number of rotatable bonds is 12. The maximum absolute atomic E-state index is 11.5. The second kappa shape index (κ2) is 12.5. The lowest BCUT2D eigenvalue weighted by atomic mass is 9.76. The van der Waals surface area contributed by atoms with Crippen LogP contribution in [0.1, 0.15) is 57.6 Å². The molecule has 3 aromatic rings. The number of methoxy groups -OCH3 is 3. The van der Waals surface area contributed by atoms with Crippen LogP contribution in [0.25, 0.3) is 11.0 Å². The third-order valence-corrected chi connectivity index (χ3v) is 9.70. The molecule has 0 spiro atoms. The van der Waals surface area contributed by atoms with Crippen molar-refractivity contribution in [1.29, 1.82) is 0 Å². The molecule has 1 aromatic carbocycles. The van der Waals surface area contributed by atoms with Crippen molar-refractivity contribution in [2.24, 2.45) is 11.8 Å². The van der Waals surface area contributed by atoms with Crippen molar-refractivity contribution in [2.75, 3.05) is 40.2 Å². The third-order valence-electron chi connectivity index (χ3n) is 9.70. The molecule has 44 heavy (non-hydrogen) atoms. The Hall–Kier alpha value is -3.41.